The van der Waals surface area contributed by atoms with E-state index in [0.29, 0.717) is 0 Å². The lowest BCUT2D eigenvalue weighted by Crippen LogP contribution is -2.31. The lowest BCUT2D eigenvalue weighted by Gasteiger charge is -2.17. The fourth-order valence-corrected chi connectivity index (χ4v) is 2.41. The molecule has 0 bridgehead atoms. The van der Waals surface area contributed by atoms with Crippen molar-refractivity contribution < 1.29 is 0 Å². The maximum Gasteiger partial charge on any atom is 0.00926 e. The lowest BCUT2D eigenvalue weighted by atomic mass is 10.0. The Bertz CT molecular complexity index is 142. The van der Waals surface area contributed by atoms with Crippen LogP contribution in [0.4, 0.5) is 0 Å². The van der Waals surface area contributed by atoms with Gasteiger partial charge in [0.25, 0.3) is 0 Å². The zero-order valence-electron chi connectivity index (χ0n) is 10.2. The number of unbranched alkanes of at least 4 members (excludes halogenated alkanes) is 1. The number of hydrogen-bond donors (Lipinski definition) is 1. The van der Waals surface area contributed by atoms with Crippen molar-refractivity contribution >= 4 is 0 Å². The van der Waals surface area contributed by atoms with E-state index < -0.39 is 0 Å². The zero-order chi connectivity index (χ0) is 10.4. The smallest absolute Gasteiger partial charge is 0.00926 e. The molecule has 0 aromatic heterocycles. The molecule has 0 amide bonds. The molecule has 1 N–H and O–H groups in total. The Hall–Kier alpha value is -0.0400. The number of nitrogens with one attached hydrogen (secondary N) is 1. The van der Waals surface area contributed by atoms with E-state index >= 15 is 0 Å². The van der Waals surface area contributed by atoms with Gasteiger partial charge in [0.15, 0.2) is 0 Å². The molecule has 0 aliphatic heterocycles. The third kappa shape index (κ3) is 4.45. The Morgan fingerprint density at radius 3 is 2.57 bits per heavy atom. The monoisotopic (exact) mass is 197 g/mol. The summed E-state index contributed by atoms with van der Waals surface area (Å²) in [5.74, 6) is 1.79. The van der Waals surface area contributed by atoms with Gasteiger partial charge in [-0.1, -0.05) is 40.0 Å². The summed E-state index contributed by atoms with van der Waals surface area (Å²) in [5.41, 5.74) is 0. The third-order valence-corrected chi connectivity index (χ3v) is 3.48. The Morgan fingerprint density at radius 2 is 2.00 bits per heavy atom. The van der Waals surface area contributed by atoms with Crippen molar-refractivity contribution in [3.63, 3.8) is 0 Å². The minimum absolute atomic E-state index is 0.828. The minimum Gasteiger partial charge on any atom is -0.314 e. The normalized spacial score (nSPS) is 27.4. The van der Waals surface area contributed by atoms with Gasteiger partial charge in [-0.25, -0.2) is 0 Å². The van der Waals surface area contributed by atoms with Crippen molar-refractivity contribution in [2.24, 2.45) is 11.8 Å². The molecule has 1 fully saturated rings. The summed E-state index contributed by atoms with van der Waals surface area (Å²) in [6, 6.07) is 0.828. The van der Waals surface area contributed by atoms with Gasteiger partial charge >= 0.3 is 0 Å². The highest BCUT2D eigenvalue weighted by atomic mass is 14.9. The Morgan fingerprint density at radius 1 is 1.21 bits per heavy atom. The van der Waals surface area contributed by atoms with Crippen LogP contribution in [0.2, 0.25) is 0 Å². The van der Waals surface area contributed by atoms with Crippen LogP contribution >= 0.6 is 0 Å². The fraction of sp³-hybridized carbons (Fsp3) is 1.00. The highest BCUT2D eigenvalue weighted by molar-refractivity contribution is 4.79. The average molecular weight is 197 g/mol. The van der Waals surface area contributed by atoms with Gasteiger partial charge in [0.05, 0.1) is 0 Å². The van der Waals surface area contributed by atoms with Crippen molar-refractivity contribution in [2.45, 2.75) is 65.3 Å². The molecule has 14 heavy (non-hydrogen) atoms. The van der Waals surface area contributed by atoms with Crippen LogP contribution in [-0.4, -0.2) is 12.6 Å². The maximum atomic E-state index is 3.71. The molecule has 84 valence electrons. The quantitative estimate of drug-likeness (QED) is 0.642. The molecular formula is C13H27N. The second-order valence-corrected chi connectivity index (χ2v) is 5.36. The molecule has 0 saturated heterocycles. The Kier molecular flexibility index (Phi) is 5.54. The first-order chi connectivity index (χ1) is 6.70. The molecule has 1 rings (SSSR count). The summed E-state index contributed by atoms with van der Waals surface area (Å²) < 4.78 is 0. The summed E-state index contributed by atoms with van der Waals surface area (Å²) in [6.45, 7) is 8.25. The number of hydrogen-bond acceptors (Lipinski definition) is 1. The Labute approximate surface area is 89.7 Å². The van der Waals surface area contributed by atoms with E-state index in [2.05, 4.69) is 26.1 Å². The maximum absolute atomic E-state index is 3.71. The van der Waals surface area contributed by atoms with Gasteiger partial charge in [-0.2, -0.15) is 0 Å². The van der Waals surface area contributed by atoms with E-state index in [1.807, 2.05) is 0 Å². The minimum atomic E-state index is 0.828. The van der Waals surface area contributed by atoms with Gasteiger partial charge in [0.2, 0.25) is 0 Å². The highest BCUT2D eigenvalue weighted by Crippen LogP contribution is 2.24. The van der Waals surface area contributed by atoms with Crippen LogP contribution in [0.5, 0.6) is 0 Å². The SMILES string of the molecule is CC(C)CCCCNC1CCCC1C. The van der Waals surface area contributed by atoms with Gasteiger partial charge in [0.1, 0.15) is 0 Å². The molecule has 0 aromatic carbocycles. The highest BCUT2D eigenvalue weighted by Gasteiger charge is 2.21. The zero-order valence-corrected chi connectivity index (χ0v) is 10.2. The molecule has 2 atom stereocenters. The second kappa shape index (κ2) is 6.44. The van der Waals surface area contributed by atoms with E-state index in [4.69, 9.17) is 0 Å². The van der Waals surface area contributed by atoms with Crippen molar-refractivity contribution in [2.75, 3.05) is 6.54 Å². The first-order valence-electron chi connectivity index (χ1n) is 6.43. The third-order valence-electron chi connectivity index (χ3n) is 3.48. The van der Waals surface area contributed by atoms with Gasteiger partial charge < -0.3 is 5.32 Å². The molecule has 1 nitrogen and oxygen atoms in total. The van der Waals surface area contributed by atoms with Crippen LogP contribution in [0.3, 0.4) is 0 Å². The van der Waals surface area contributed by atoms with Crippen LogP contribution < -0.4 is 5.32 Å². The first kappa shape index (κ1) is 12.0. The standard InChI is InChI=1S/C13H27N/c1-11(2)7-4-5-10-14-13-9-6-8-12(13)3/h11-14H,4-10H2,1-3H3. The summed E-state index contributed by atoms with van der Waals surface area (Å²) >= 11 is 0. The second-order valence-electron chi connectivity index (χ2n) is 5.36. The molecule has 0 aromatic rings. The van der Waals surface area contributed by atoms with Crippen molar-refractivity contribution in [3.05, 3.63) is 0 Å². The summed E-state index contributed by atoms with van der Waals surface area (Å²) in [4.78, 5) is 0. The van der Waals surface area contributed by atoms with Crippen molar-refractivity contribution in [1.29, 1.82) is 0 Å². The summed E-state index contributed by atoms with van der Waals surface area (Å²) in [5, 5.41) is 3.71. The van der Waals surface area contributed by atoms with Crippen LogP contribution in [0.25, 0.3) is 0 Å². The molecule has 0 heterocycles. The first-order valence-corrected chi connectivity index (χ1v) is 6.43. The van der Waals surface area contributed by atoms with E-state index in [0.717, 1.165) is 17.9 Å². The predicted molar refractivity (Wildman–Crippen MR) is 63.5 cm³/mol. The molecule has 0 radical (unpaired) electrons. The molecule has 1 aliphatic carbocycles. The Balaban J connectivity index is 1.93. The van der Waals surface area contributed by atoms with Crippen LogP contribution in [0.1, 0.15) is 59.3 Å². The molecule has 1 heteroatoms. The summed E-state index contributed by atoms with van der Waals surface area (Å²) in [7, 11) is 0. The van der Waals surface area contributed by atoms with Crippen molar-refractivity contribution in [1.82, 2.24) is 5.32 Å². The van der Waals surface area contributed by atoms with E-state index in [9.17, 15) is 0 Å². The fourth-order valence-electron chi connectivity index (χ4n) is 2.41. The molecule has 1 aliphatic rings. The van der Waals surface area contributed by atoms with Crippen molar-refractivity contribution in [3.8, 4) is 0 Å². The topological polar surface area (TPSA) is 12.0 Å². The summed E-state index contributed by atoms with van der Waals surface area (Å²) in [6.07, 6.45) is 8.43. The van der Waals surface area contributed by atoms with Gasteiger partial charge in [-0.15, -0.1) is 0 Å². The van der Waals surface area contributed by atoms with E-state index in [1.54, 1.807) is 0 Å². The molecule has 1 saturated carbocycles. The largest absolute Gasteiger partial charge is 0.314 e. The molecule has 2 unspecified atom stereocenters. The van der Waals surface area contributed by atoms with Gasteiger partial charge in [-0.05, 0) is 37.6 Å². The predicted octanol–water partition coefficient (Wildman–Crippen LogP) is 3.59. The number of rotatable bonds is 6. The molecular weight excluding hydrogens is 170 g/mol. The van der Waals surface area contributed by atoms with Crippen LogP contribution in [0, 0.1) is 11.8 Å². The average Bonchev–Trinajstić information content (AvgIpc) is 2.51. The van der Waals surface area contributed by atoms with Gasteiger partial charge in [-0.3, -0.25) is 0 Å². The van der Waals surface area contributed by atoms with E-state index in [1.165, 1.54) is 45.1 Å². The van der Waals surface area contributed by atoms with Gasteiger partial charge in [0, 0.05) is 6.04 Å². The van der Waals surface area contributed by atoms with Crippen LogP contribution in [-0.2, 0) is 0 Å². The lowest BCUT2D eigenvalue weighted by molar-refractivity contribution is 0.415. The molecule has 0 spiro atoms. The van der Waals surface area contributed by atoms with E-state index in [-0.39, 0.29) is 0 Å². The van der Waals surface area contributed by atoms with Crippen LogP contribution in [0.15, 0.2) is 0 Å².